The second-order valence-electron chi connectivity index (χ2n) is 10.3. The quantitative estimate of drug-likeness (QED) is 0.217. The van der Waals surface area contributed by atoms with E-state index in [-0.39, 0.29) is 28.6 Å². The van der Waals surface area contributed by atoms with E-state index in [0.29, 0.717) is 53.6 Å². The Labute approximate surface area is 259 Å². The summed E-state index contributed by atoms with van der Waals surface area (Å²) in [5.41, 5.74) is 1.41. The zero-order valence-electron chi connectivity index (χ0n) is 24.3. The highest BCUT2D eigenvalue weighted by Crippen LogP contribution is 2.34. The maximum atomic E-state index is 13.8. The van der Waals surface area contributed by atoms with Gasteiger partial charge in [0.15, 0.2) is 17.3 Å². The van der Waals surface area contributed by atoms with Crippen molar-refractivity contribution in [3.63, 3.8) is 0 Å². The largest absolute Gasteiger partial charge is 0.435 e. The molecule has 0 spiro atoms. The molecule has 1 aliphatic heterocycles. The highest BCUT2D eigenvalue weighted by Gasteiger charge is 2.35. The number of anilines is 1. The van der Waals surface area contributed by atoms with Crippen LogP contribution in [0.3, 0.4) is 0 Å². The molecule has 0 radical (unpaired) electrons. The number of aryl methyl sites for hydroxylation is 2. The number of pyridine rings is 1. The predicted molar refractivity (Wildman–Crippen MR) is 160 cm³/mol. The molecule has 234 valence electrons. The van der Waals surface area contributed by atoms with Crippen molar-refractivity contribution in [3.05, 3.63) is 99.4 Å². The third kappa shape index (κ3) is 7.63. The van der Waals surface area contributed by atoms with Gasteiger partial charge in [0.2, 0.25) is 5.89 Å². The summed E-state index contributed by atoms with van der Waals surface area (Å²) in [6, 6.07) is 6.56. The molecule has 2 N–H and O–H groups in total. The standard InChI is InChI=1S/C30H27ClF4N8O2/c1-16-4-7-26(39-21-5-6-24(32)23(31)13-21)40-28(43-17(2)11-25(41-43)30(33,34)35)22(10-16)19-12-20(15-36-14-19)29(44)37-9-8-27-38-18(3)42-45-27/h5-6,10-15H,4,7-9H2,1-3H3,(H,37,44)(H,39,40). The summed E-state index contributed by atoms with van der Waals surface area (Å²) >= 11 is 5.97. The number of alkyl halides is 3. The number of aromatic nitrogens is 5. The van der Waals surface area contributed by atoms with E-state index >= 15 is 0 Å². The van der Waals surface area contributed by atoms with E-state index in [1.807, 2.05) is 6.92 Å². The van der Waals surface area contributed by atoms with Crippen LogP contribution in [0.15, 0.2) is 63.9 Å². The van der Waals surface area contributed by atoms with Crippen molar-refractivity contribution in [3.8, 4) is 0 Å². The van der Waals surface area contributed by atoms with Crippen molar-refractivity contribution >= 4 is 40.4 Å². The average molecular weight is 643 g/mol. The first kappa shape index (κ1) is 31.6. The maximum absolute atomic E-state index is 13.8. The van der Waals surface area contributed by atoms with Gasteiger partial charge in [0.05, 0.1) is 10.6 Å². The van der Waals surface area contributed by atoms with E-state index in [1.165, 1.54) is 37.5 Å². The minimum Gasteiger partial charge on any atom is -0.351 e. The third-order valence-electron chi connectivity index (χ3n) is 6.72. The van der Waals surface area contributed by atoms with Crippen LogP contribution in [-0.4, -0.2) is 43.2 Å². The lowest BCUT2D eigenvalue weighted by molar-refractivity contribution is -0.141. The minimum absolute atomic E-state index is 0.0591. The number of benzene rings is 1. The Kier molecular flexibility index (Phi) is 9.14. The Hall–Kier alpha value is -4.85. The number of amides is 1. The smallest absolute Gasteiger partial charge is 0.351 e. The summed E-state index contributed by atoms with van der Waals surface area (Å²) in [6.07, 6.45) is 1.19. The second-order valence-corrected chi connectivity index (χ2v) is 10.7. The average Bonchev–Trinajstić information content (AvgIpc) is 3.59. The Morgan fingerprint density at radius 1 is 1.11 bits per heavy atom. The van der Waals surface area contributed by atoms with E-state index in [0.717, 1.165) is 16.3 Å². The van der Waals surface area contributed by atoms with Crippen molar-refractivity contribution in [2.75, 3.05) is 11.9 Å². The van der Waals surface area contributed by atoms with Crippen LogP contribution in [0.25, 0.3) is 11.4 Å². The highest BCUT2D eigenvalue weighted by atomic mass is 35.5. The molecule has 0 fully saturated rings. The number of carbonyl (C=O) groups excluding carboxylic acids is 1. The fourth-order valence-electron chi connectivity index (χ4n) is 4.51. The normalized spacial score (nSPS) is 14.0. The Morgan fingerprint density at radius 2 is 1.91 bits per heavy atom. The molecule has 4 heterocycles. The molecule has 0 atom stereocenters. The topological polar surface area (TPSA) is 123 Å². The van der Waals surface area contributed by atoms with Crippen LogP contribution in [-0.2, 0) is 12.6 Å². The first-order valence-electron chi connectivity index (χ1n) is 13.8. The van der Waals surface area contributed by atoms with E-state index in [9.17, 15) is 22.4 Å². The lowest BCUT2D eigenvalue weighted by Crippen LogP contribution is -2.26. The number of amidine groups is 1. The van der Waals surface area contributed by atoms with Crippen LogP contribution in [0, 0.1) is 19.7 Å². The van der Waals surface area contributed by atoms with Crippen LogP contribution in [0.5, 0.6) is 0 Å². The SMILES string of the molecule is CC1=CC(c2cncc(C(=O)NCCc3nc(C)no3)c2)=C(n2nc(C(F)(F)F)cc2C)N=C(Nc2ccc(F)c(Cl)c2)CC1. The molecule has 45 heavy (non-hydrogen) atoms. The fraction of sp³-hybridized carbons (Fsp3) is 0.267. The van der Waals surface area contributed by atoms with Gasteiger partial charge >= 0.3 is 6.18 Å². The van der Waals surface area contributed by atoms with Gasteiger partial charge in [0, 0.05) is 54.3 Å². The summed E-state index contributed by atoms with van der Waals surface area (Å²) < 4.78 is 61.1. The number of rotatable bonds is 7. The number of nitrogens with one attached hydrogen (secondary N) is 2. The number of halogens is 5. The molecule has 1 aromatic carbocycles. The van der Waals surface area contributed by atoms with Gasteiger partial charge < -0.3 is 15.2 Å². The van der Waals surface area contributed by atoms with E-state index < -0.39 is 23.6 Å². The van der Waals surface area contributed by atoms with E-state index in [2.05, 4.69) is 30.9 Å². The van der Waals surface area contributed by atoms with Crippen LogP contribution in [0.4, 0.5) is 23.2 Å². The third-order valence-corrected chi connectivity index (χ3v) is 7.01. The monoisotopic (exact) mass is 642 g/mol. The number of nitrogens with zero attached hydrogens (tertiary/aromatic N) is 6. The van der Waals surface area contributed by atoms with Crippen LogP contribution < -0.4 is 10.6 Å². The molecule has 1 amide bonds. The summed E-state index contributed by atoms with van der Waals surface area (Å²) in [4.78, 5) is 26.1. The molecular formula is C30H27ClF4N8O2. The molecular weight excluding hydrogens is 616 g/mol. The number of carbonyl (C=O) groups is 1. The van der Waals surface area contributed by atoms with Crippen LogP contribution in [0.1, 0.15) is 58.8 Å². The Bertz CT molecular complexity index is 1840. The molecule has 5 rings (SSSR count). The van der Waals surface area contributed by atoms with Gasteiger partial charge in [-0.15, -0.1) is 0 Å². The lowest BCUT2D eigenvalue weighted by Gasteiger charge is -2.19. The maximum Gasteiger partial charge on any atom is 0.435 e. The summed E-state index contributed by atoms with van der Waals surface area (Å²) in [5.74, 6) is 0.266. The van der Waals surface area contributed by atoms with Crippen LogP contribution in [0.2, 0.25) is 5.02 Å². The molecule has 15 heteroatoms. The Morgan fingerprint density at radius 3 is 2.60 bits per heavy atom. The predicted octanol–water partition coefficient (Wildman–Crippen LogP) is 6.64. The first-order valence-corrected chi connectivity index (χ1v) is 14.1. The summed E-state index contributed by atoms with van der Waals surface area (Å²) in [7, 11) is 0. The van der Waals surface area contributed by atoms with Crippen molar-refractivity contribution in [2.24, 2.45) is 4.99 Å². The van der Waals surface area contributed by atoms with Gasteiger partial charge in [-0.1, -0.05) is 28.4 Å². The second kappa shape index (κ2) is 13.0. The molecule has 0 saturated carbocycles. The molecule has 0 saturated heterocycles. The molecule has 4 aromatic rings. The van der Waals surface area contributed by atoms with Gasteiger partial charge in [-0.2, -0.15) is 23.3 Å². The molecule has 0 aliphatic carbocycles. The van der Waals surface area contributed by atoms with Gasteiger partial charge in [0.1, 0.15) is 11.7 Å². The van der Waals surface area contributed by atoms with Crippen molar-refractivity contribution in [1.29, 1.82) is 0 Å². The van der Waals surface area contributed by atoms with Gasteiger partial charge in [-0.3, -0.25) is 9.78 Å². The number of aliphatic imine (C=N–C) groups is 1. The fourth-order valence-corrected chi connectivity index (χ4v) is 4.69. The van der Waals surface area contributed by atoms with Gasteiger partial charge in [-0.05, 0) is 57.5 Å². The van der Waals surface area contributed by atoms with E-state index in [4.69, 9.17) is 21.1 Å². The molecule has 10 nitrogen and oxygen atoms in total. The number of allylic oxidation sites excluding steroid dienone is 3. The van der Waals surface area contributed by atoms with Gasteiger partial charge in [-0.25, -0.2) is 14.1 Å². The zero-order chi connectivity index (χ0) is 32.3. The van der Waals surface area contributed by atoms with Crippen molar-refractivity contribution in [1.82, 2.24) is 30.2 Å². The summed E-state index contributed by atoms with van der Waals surface area (Å²) in [6.45, 7) is 5.26. The first-order chi connectivity index (χ1) is 21.4. The van der Waals surface area contributed by atoms with Gasteiger partial charge in [0.25, 0.3) is 5.91 Å². The molecule has 0 unspecified atom stereocenters. The van der Waals surface area contributed by atoms with Crippen LogP contribution >= 0.6 is 11.6 Å². The molecule has 3 aromatic heterocycles. The molecule has 0 bridgehead atoms. The summed E-state index contributed by atoms with van der Waals surface area (Å²) in [5, 5.41) is 13.4. The zero-order valence-corrected chi connectivity index (χ0v) is 25.1. The number of hydrogen-bond donors (Lipinski definition) is 2. The highest BCUT2D eigenvalue weighted by molar-refractivity contribution is 6.31. The van der Waals surface area contributed by atoms with E-state index in [1.54, 1.807) is 19.1 Å². The van der Waals surface area contributed by atoms with Crippen molar-refractivity contribution < 1.29 is 26.9 Å². The lowest BCUT2D eigenvalue weighted by atomic mass is 10.00. The minimum atomic E-state index is -4.70. The van der Waals surface area contributed by atoms with Crippen molar-refractivity contribution in [2.45, 2.75) is 46.2 Å². The Balaban J connectivity index is 1.57. The number of hydrogen-bond acceptors (Lipinski definition) is 8. The molecule has 1 aliphatic rings.